The van der Waals surface area contributed by atoms with Gasteiger partial charge in [-0.15, -0.1) is 0 Å². The molecule has 1 aromatic heterocycles. The first-order valence-corrected chi connectivity index (χ1v) is 6.41. The lowest BCUT2D eigenvalue weighted by atomic mass is 10.2. The van der Waals surface area contributed by atoms with E-state index in [-0.39, 0.29) is 0 Å². The molecule has 0 saturated carbocycles. The maximum Gasteiger partial charge on any atom is 0.242 e. The number of nitrogens with one attached hydrogen (secondary N) is 1. The Bertz CT molecular complexity index is 619. The van der Waals surface area contributed by atoms with E-state index in [1.807, 2.05) is 6.92 Å². The Hall–Kier alpha value is -2.70. The Labute approximate surface area is 123 Å². The van der Waals surface area contributed by atoms with E-state index >= 15 is 0 Å². The molecular weight excluding hydrogens is 272 g/mol. The smallest absolute Gasteiger partial charge is 0.242 e. The molecule has 112 valence electrons. The molecule has 1 aromatic carbocycles. The molecule has 0 unspecified atom stereocenters. The zero-order valence-electron chi connectivity index (χ0n) is 12.2. The SMILES string of the molecule is CCOc1ncnc(Nc2cc(OC)ccc2OC)c1N. The second kappa shape index (κ2) is 6.65. The van der Waals surface area contributed by atoms with E-state index in [0.29, 0.717) is 41.2 Å². The zero-order chi connectivity index (χ0) is 15.2. The molecule has 0 aliphatic carbocycles. The third kappa shape index (κ3) is 3.25. The summed E-state index contributed by atoms with van der Waals surface area (Å²) in [5, 5.41) is 3.10. The van der Waals surface area contributed by atoms with Crippen molar-refractivity contribution in [2.45, 2.75) is 6.92 Å². The zero-order valence-corrected chi connectivity index (χ0v) is 12.2. The van der Waals surface area contributed by atoms with Gasteiger partial charge in [0.15, 0.2) is 5.82 Å². The van der Waals surface area contributed by atoms with Gasteiger partial charge in [-0.2, -0.15) is 4.98 Å². The minimum atomic E-state index is 0.337. The lowest BCUT2D eigenvalue weighted by molar-refractivity contribution is 0.328. The molecule has 0 fully saturated rings. The highest BCUT2D eigenvalue weighted by molar-refractivity contribution is 5.75. The van der Waals surface area contributed by atoms with Gasteiger partial charge in [0.25, 0.3) is 0 Å². The predicted molar refractivity (Wildman–Crippen MR) is 80.4 cm³/mol. The van der Waals surface area contributed by atoms with Crippen LogP contribution in [0.1, 0.15) is 6.92 Å². The molecule has 0 spiro atoms. The fourth-order valence-corrected chi connectivity index (χ4v) is 1.77. The summed E-state index contributed by atoms with van der Waals surface area (Å²) in [5.74, 6) is 2.12. The number of hydrogen-bond donors (Lipinski definition) is 2. The lowest BCUT2D eigenvalue weighted by Gasteiger charge is -2.14. The average molecular weight is 290 g/mol. The predicted octanol–water partition coefficient (Wildman–Crippen LogP) is 2.22. The summed E-state index contributed by atoms with van der Waals surface area (Å²) in [6, 6.07) is 5.39. The molecular formula is C14H18N4O3. The summed E-state index contributed by atoms with van der Waals surface area (Å²) < 4.78 is 15.8. The van der Waals surface area contributed by atoms with Gasteiger partial charge in [-0.1, -0.05) is 0 Å². The third-order valence-electron chi connectivity index (χ3n) is 2.79. The Morgan fingerprint density at radius 2 is 2.00 bits per heavy atom. The van der Waals surface area contributed by atoms with Gasteiger partial charge in [0.1, 0.15) is 23.5 Å². The van der Waals surface area contributed by atoms with Crippen LogP contribution in [0.25, 0.3) is 0 Å². The highest BCUT2D eigenvalue weighted by Crippen LogP contribution is 2.34. The van der Waals surface area contributed by atoms with Crippen molar-refractivity contribution in [3.63, 3.8) is 0 Å². The third-order valence-corrected chi connectivity index (χ3v) is 2.79. The highest BCUT2D eigenvalue weighted by Gasteiger charge is 2.12. The number of nitrogen functional groups attached to an aromatic ring is 1. The molecule has 0 atom stereocenters. The molecule has 3 N–H and O–H groups in total. The van der Waals surface area contributed by atoms with Gasteiger partial charge in [0.05, 0.1) is 26.5 Å². The molecule has 7 nitrogen and oxygen atoms in total. The molecule has 0 aliphatic rings. The first-order chi connectivity index (χ1) is 10.2. The van der Waals surface area contributed by atoms with Crippen LogP contribution in [0, 0.1) is 0 Å². The molecule has 0 amide bonds. The standard InChI is InChI=1S/C14H18N4O3/c1-4-21-14-12(15)13(16-8-17-14)18-10-7-9(19-2)5-6-11(10)20-3/h5-8H,4,15H2,1-3H3,(H,16,17,18). The second-order valence-electron chi connectivity index (χ2n) is 4.07. The fourth-order valence-electron chi connectivity index (χ4n) is 1.77. The van der Waals surface area contributed by atoms with E-state index < -0.39 is 0 Å². The van der Waals surface area contributed by atoms with E-state index in [9.17, 15) is 0 Å². The maximum absolute atomic E-state index is 5.99. The fraction of sp³-hybridized carbons (Fsp3) is 0.286. The van der Waals surface area contributed by atoms with E-state index in [1.54, 1.807) is 32.4 Å². The summed E-state index contributed by atoms with van der Waals surface area (Å²) in [7, 11) is 3.18. The minimum absolute atomic E-state index is 0.337. The molecule has 0 bridgehead atoms. The van der Waals surface area contributed by atoms with Gasteiger partial charge < -0.3 is 25.3 Å². The van der Waals surface area contributed by atoms with E-state index in [2.05, 4.69) is 15.3 Å². The molecule has 0 saturated heterocycles. The van der Waals surface area contributed by atoms with Gasteiger partial charge >= 0.3 is 0 Å². The monoisotopic (exact) mass is 290 g/mol. The molecule has 2 rings (SSSR count). The number of methoxy groups -OCH3 is 2. The number of anilines is 3. The minimum Gasteiger partial charge on any atom is -0.497 e. The Kier molecular flexibility index (Phi) is 4.65. The normalized spacial score (nSPS) is 10.0. The summed E-state index contributed by atoms with van der Waals surface area (Å²) in [5.41, 5.74) is 7.02. The maximum atomic E-state index is 5.99. The van der Waals surface area contributed by atoms with E-state index in [1.165, 1.54) is 6.33 Å². The first-order valence-electron chi connectivity index (χ1n) is 6.41. The Morgan fingerprint density at radius 3 is 2.67 bits per heavy atom. The highest BCUT2D eigenvalue weighted by atomic mass is 16.5. The van der Waals surface area contributed by atoms with Crippen molar-refractivity contribution in [2.75, 3.05) is 31.9 Å². The van der Waals surface area contributed by atoms with Crippen molar-refractivity contribution < 1.29 is 14.2 Å². The second-order valence-corrected chi connectivity index (χ2v) is 4.07. The van der Waals surface area contributed by atoms with Crippen molar-refractivity contribution >= 4 is 17.2 Å². The molecule has 1 heterocycles. The van der Waals surface area contributed by atoms with Gasteiger partial charge in [0.2, 0.25) is 5.88 Å². The summed E-state index contributed by atoms with van der Waals surface area (Å²) in [6.07, 6.45) is 1.39. The molecule has 0 radical (unpaired) electrons. The van der Waals surface area contributed by atoms with Crippen LogP contribution in [0.5, 0.6) is 17.4 Å². The molecule has 7 heteroatoms. The largest absolute Gasteiger partial charge is 0.497 e. The van der Waals surface area contributed by atoms with Crippen LogP contribution in [0.4, 0.5) is 17.2 Å². The van der Waals surface area contributed by atoms with Crippen LogP contribution in [-0.4, -0.2) is 30.8 Å². The van der Waals surface area contributed by atoms with Crippen LogP contribution in [0.2, 0.25) is 0 Å². The van der Waals surface area contributed by atoms with Crippen molar-refractivity contribution in [3.8, 4) is 17.4 Å². The number of ether oxygens (including phenoxy) is 3. The number of rotatable bonds is 6. The summed E-state index contributed by atoms with van der Waals surface area (Å²) in [4.78, 5) is 8.12. The summed E-state index contributed by atoms with van der Waals surface area (Å²) >= 11 is 0. The molecule has 21 heavy (non-hydrogen) atoms. The van der Waals surface area contributed by atoms with Crippen LogP contribution >= 0.6 is 0 Å². The van der Waals surface area contributed by atoms with E-state index in [4.69, 9.17) is 19.9 Å². The Morgan fingerprint density at radius 1 is 1.19 bits per heavy atom. The number of hydrogen-bond acceptors (Lipinski definition) is 7. The van der Waals surface area contributed by atoms with Crippen molar-refractivity contribution in [1.29, 1.82) is 0 Å². The van der Waals surface area contributed by atoms with Crippen LogP contribution in [0.15, 0.2) is 24.5 Å². The number of aromatic nitrogens is 2. The first kappa shape index (κ1) is 14.7. The summed E-state index contributed by atoms with van der Waals surface area (Å²) in [6.45, 7) is 2.34. The van der Waals surface area contributed by atoms with E-state index in [0.717, 1.165) is 0 Å². The number of nitrogens with zero attached hydrogens (tertiary/aromatic N) is 2. The number of benzene rings is 1. The van der Waals surface area contributed by atoms with Crippen molar-refractivity contribution in [3.05, 3.63) is 24.5 Å². The molecule has 2 aromatic rings. The van der Waals surface area contributed by atoms with Crippen LogP contribution in [-0.2, 0) is 0 Å². The Balaban J connectivity index is 2.35. The van der Waals surface area contributed by atoms with Crippen molar-refractivity contribution in [2.24, 2.45) is 0 Å². The van der Waals surface area contributed by atoms with Gasteiger partial charge in [-0.3, -0.25) is 0 Å². The lowest BCUT2D eigenvalue weighted by Crippen LogP contribution is -2.05. The van der Waals surface area contributed by atoms with Crippen molar-refractivity contribution in [1.82, 2.24) is 9.97 Å². The van der Waals surface area contributed by atoms with Crippen LogP contribution in [0.3, 0.4) is 0 Å². The molecule has 0 aliphatic heterocycles. The van der Waals surface area contributed by atoms with Gasteiger partial charge in [0, 0.05) is 6.07 Å². The average Bonchev–Trinajstić information content (AvgIpc) is 2.51. The number of nitrogens with two attached hydrogens (primary N) is 1. The quantitative estimate of drug-likeness (QED) is 0.842. The van der Waals surface area contributed by atoms with Gasteiger partial charge in [-0.05, 0) is 19.1 Å². The topological polar surface area (TPSA) is 91.5 Å². The van der Waals surface area contributed by atoms with Gasteiger partial charge in [-0.25, -0.2) is 4.98 Å². The van der Waals surface area contributed by atoms with Crippen LogP contribution < -0.4 is 25.3 Å².